The van der Waals surface area contributed by atoms with Gasteiger partial charge in [-0.25, -0.2) is 9.97 Å². The number of esters is 2. The third-order valence-corrected chi connectivity index (χ3v) is 7.31. The van der Waals surface area contributed by atoms with Crippen molar-refractivity contribution in [1.29, 1.82) is 0 Å². The zero-order chi connectivity index (χ0) is 38.0. The van der Waals surface area contributed by atoms with Crippen LogP contribution >= 0.6 is 0 Å². The van der Waals surface area contributed by atoms with Gasteiger partial charge < -0.3 is 25.8 Å². The molecule has 16 heteroatoms. The van der Waals surface area contributed by atoms with Gasteiger partial charge in [-0.15, -0.1) is 0 Å². The standard InChI is InChI=1S/C18H20N4O5.C18H22N4O3/c1-3-27-17(23)9-11-21(16-6-4-5-10-20-16)18(24)13-7-8-14(19-2)15(12-13)22(25)26;1-3-25-17(23)9-11-22(16-6-4-5-10-21-16)18(24)13-7-8-15(20-2)14(19)12-13/h4-8,10,12,19H,3,9,11H2,1-2H3;4-8,10,12,20H,3,9,11,19H2,1-2H3. The number of pyridine rings is 2. The number of nitro benzene ring substituents is 1. The Morgan fingerprint density at radius 3 is 1.58 bits per heavy atom. The summed E-state index contributed by atoms with van der Waals surface area (Å²) in [5.74, 6) is -0.773. The Morgan fingerprint density at radius 2 is 1.19 bits per heavy atom. The summed E-state index contributed by atoms with van der Waals surface area (Å²) < 4.78 is 9.84. The van der Waals surface area contributed by atoms with Gasteiger partial charge in [-0.3, -0.25) is 39.1 Å². The molecule has 4 N–H and O–H groups in total. The zero-order valence-electron chi connectivity index (χ0n) is 29.4. The van der Waals surface area contributed by atoms with Gasteiger partial charge in [0.1, 0.15) is 17.3 Å². The number of carbonyl (C=O) groups excluding carboxylic acids is 4. The smallest absolute Gasteiger partial charge is 0.307 e. The third-order valence-electron chi connectivity index (χ3n) is 7.31. The van der Waals surface area contributed by atoms with Crippen LogP contribution in [0.1, 0.15) is 47.4 Å². The normalized spacial score (nSPS) is 10.2. The van der Waals surface area contributed by atoms with Crippen LogP contribution in [-0.4, -0.2) is 79.0 Å². The van der Waals surface area contributed by atoms with E-state index in [9.17, 15) is 29.3 Å². The number of ether oxygens (including phenoxy) is 2. The van der Waals surface area contributed by atoms with Crippen LogP contribution in [0.15, 0.2) is 85.2 Å². The molecule has 0 aliphatic rings. The van der Waals surface area contributed by atoms with Crippen LogP contribution in [0.25, 0.3) is 0 Å². The summed E-state index contributed by atoms with van der Waals surface area (Å²) in [7, 11) is 3.32. The molecule has 0 saturated heterocycles. The molecular formula is C36H42N8O8. The van der Waals surface area contributed by atoms with Crippen molar-refractivity contribution in [3.63, 3.8) is 0 Å². The number of carbonyl (C=O) groups is 4. The number of rotatable bonds is 15. The van der Waals surface area contributed by atoms with Gasteiger partial charge in [0.25, 0.3) is 17.5 Å². The highest BCUT2D eigenvalue weighted by Gasteiger charge is 2.24. The van der Waals surface area contributed by atoms with Crippen LogP contribution in [0, 0.1) is 10.1 Å². The number of amides is 2. The molecule has 0 bridgehead atoms. The fourth-order valence-corrected chi connectivity index (χ4v) is 4.80. The maximum Gasteiger partial charge on any atom is 0.307 e. The van der Waals surface area contributed by atoms with E-state index in [2.05, 4.69) is 20.6 Å². The van der Waals surface area contributed by atoms with E-state index in [0.717, 1.165) is 5.69 Å². The Labute approximate surface area is 301 Å². The lowest BCUT2D eigenvalue weighted by Gasteiger charge is -2.22. The number of hydrogen-bond acceptors (Lipinski definition) is 13. The third kappa shape index (κ3) is 11.2. The van der Waals surface area contributed by atoms with E-state index in [1.165, 1.54) is 34.2 Å². The first kappa shape index (κ1) is 39.9. The number of nitro groups is 1. The zero-order valence-corrected chi connectivity index (χ0v) is 29.4. The summed E-state index contributed by atoms with van der Waals surface area (Å²) in [5.41, 5.74) is 7.79. The number of nitrogen functional groups attached to an aromatic ring is 1. The molecule has 0 saturated carbocycles. The van der Waals surface area contributed by atoms with Gasteiger partial charge in [0, 0.05) is 56.8 Å². The highest BCUT2D eigenvalue weighted by atomic mass is 16.6. The van der Waals surface area contributed by atoms with E-state index in [1.807, 2.05) is 0 Å². The second-order valence-electron chi connectivity index (χ2n) is 10.7. The number of nitrogens with zero attached hydrogens (tertiary/aromatic N) is 5. The minimum Gasteiger partial charge on any atom is -0.466 e. The predicted molar refractivity (Wildman–Crippen MR) is 197 cm³/mol. The van der Waals surface area contributed by atoms with Gasteiger partial charge in [0.05, 0.1) is 42.4 Å². The van der Waals surface area contributed by atoms with Crippen LogP contribution in [0.4, 0.5) is 34.4 Å². The first-order valence-electron chi connectivity index (χ1n) is 16.3. The van der Waals surface area contributed by atoms with Crippen LogP contribution in [0.5, 0.6) is 0 Å². The number of aromatic nitrogens is 2. The fraction of sp³-hybridized carbons (Fsp3) is 0.278. The van der Waals surface area contributed by atoms with Gasteiger partial charge in [0.15, 0.2) is 0 Å². The molecule has 2 heterocycles. The van der Waals surface area contributed by atoms with Gasteiger partial charge in [0.2, 0.25) is 0 Å². The number of benzene rings is 2. The molecule has 0 radical (unpaired) electrons. The molecule has 2 aromatic heterocycles. The van der Waals surface area contributed by atoms with Crippen LogP contribution in [0.2, 0.25) is 0 Å². The molecule has 52 heavy (non-hydrogen) atoms. The second kappa shape index (κ2) is 20.2. The number of hydrogen-bond donors (Lipinski definition) is 3. The van der Waals surface area contributed by atoms with E-state index in [-0.39, 0.29) is 55.7 Å². The molecule has 0 fully saturated rings. The summed E-state index contributed by atoms with van der Waals surface area (Å²) in [6.45, 7) is 4.19. The molecule has 274 valence electrons. The summed E-state index contributed by atoms with van der Waals surface area (Å²) in [6.07, 6.45) is 3.18. The van der Waals surface area contributed by atoms with Crippen molar-refractivity contribution in [3.05, 3.63) is 106 Å². The number of nitrogens with two attached hydrogens (primary N) is 1. The lowest BCUT2D eigenvalue weighted by atomic mass is 10.1. The Balaban J connectivity index is 0.000000281. The highest BCUT2D eigenvalue weighted by Crippen LogP contribution is 2.27. The first-order valence-corrected chi connectivity index (χ1v) is 16.3. The molecule has 0 aliphatic heterocycles. The molecule has 16 nitrogen and oxygen atoms in total. The Morgan fingerprint density at radius 1 is 0.731 bits per heavy atom. The Bertz CT molecular complexity index is 1830. The highest BCUT2D eigenvalue weighted by molar-refractivity contribution is 6.07. The maximum atomic E-state index is 13.0. The molecule has 4 rings (SSSR count). The largest absolute Gasteiger partial charge is 0.466 e. The fourth-order valence-electron chi connectivity index (χ4n) is 4.80. The minimum atomic E-state index is -0.563. The molecule has 2 aromatic carbocycles. The van der Waals surface area contributed by atoms with E-state index >= 15 is 0 Å². The van der Waals surface area contributed by atoms with E-state index < -0.39 is 16.8 Å². The van der Waals surface area contributed by atoms with Gasteiger partial charge in [-0.1, -0.05) is 12.1 Å². The van der Waals surface area contributed by atoms with Crippen LogP contribution < -0.4 is 26.2 Å². The Hall–Kier alpha value is -6.58. The van der Waals surface area contributed by atoms with Crippen molar-refractivity contribution in [3.8, 4) is 0 Å². The molecule has 0 unspecified atom stereocenters. The average Bonchev–Trinajstić information content (AvgIpc) is 3.15. The second-order valence-corrected chi connectivity index (χ2v) is 10.7. The molecule has 0 aliphatic carbocycles. The van der Waals surface area contributed by atoms with Gasteiger partial charge >= 0.3 is 11.9 Å². The monoisotopic (exact) mass is 714 g/mol. The van der Waals surface area contributed by atoms with Crippen molar-refractivity contribution in [1.82, 2.24) is 9.97 Å². The first-order chi connectivity index (χ1) is 25.0. The van der Waals surface area contributed by atoms with E-state index in [0.29, 0.717) is 35.2 Å². The van der Waals surface area contributed by atoms with Crippen molar-refractivity contribution < 1.29 is 33.6 Å². The molecule has 4 aromatic rings. The Kier molecular flexibility index (Phi) is 15.5. The van der Waals surface area contributed by atoms with Crippen molar-refractivity contribution in [2.75, 3.05) is 66.6 Å². The number of anilines is 5. The summed E-state index contributed by atoms with van der Waals surface area (Å²) >= 11 is 0. The van der Waals surface area contributed by atoms with E-state index in [4.69, 9.17) is 15.2 Å². The maximum absolute atomic E-state index is 13.0. The average molecular weight is 715 g/mol. The molecule has 0 atom stereocenters. The summed E-state index contributed by atoms with van der Waals surface area (Å²) in [4.78, 5) is 71.1. The predicted octanol–water partition coefficient (Wildman–Crippen LogP) is 4.94. The van der Waals surface area contributed by atoms with Gasteiger partial charge in [-0.05, 0) is 68.4 Å². The van der Waals surface area contributed by atoms with E-state index in [1.54, 1.807) is 88.7 Å². The van der Waals surface area contributed by atoms with Crippen molar-refractivity contribution >= 4 is 58.1 Å². The van der Waals surface area contributed by atoms with Crippen molar-refractivity contribution in [2.45, 2.75) is 26.7 Å². The summed E-state index contributed by atoms with van der Waals surface area (Å²) in [5, 5.41) is 16.9. The quantitative estimate of drug-likeness (QED) is 0.0645. The number of nitrogens with one attached hydrogen (secondary N) is 2. The minimum absolute atomic E-state index is 0.0210. The van der Waals surface area contributed by atoms with Crippen molar-refractivity contribution in [2.24, 2.45) is 0 Å². The lowest BCUT2D eigenvalue weighted by molar-refractivity contribution is -0.384. The SMILES string of the molecule is CCOC(=O)CCN(C(=O)c1ccc(NC)c(N)c1)c1ccccn1.CCOC(=O)CCN(C(=O)c1ccc(NC)c([N+](=O)[O-])c1)c1ccccn1. The topological polar surface area (TPSA) is 212 Å². The van der Waals surface area contributed by atoms with Crippen LogP contribution in [-0.2, 0) is 19.1 Å². The summed E-state index contributed by atoms with van der Waals surface area (Å²) in [6, 6.07) is 19.5. The lowest BCUT2D eigenvalue weighted by Crippen LogP contribution is -2.34. The molecule has 0 spiro atoms. The van der Waals surface area contributed by atoms with Crippen LogP contribution in [0.3, 0.4) is 0 Å². The molecule has 2 amide bonds. The van der Waals surface area contributed by atoms with Gasteiger partial charge in [-0.2, -0.15) is 0 Å². The molecular weight excluding hydrogens is 672 g/mol.